The van der Waals surface area contributed by atoms with Crippen molar-refractivity contribution in [3.8, 4) is 0 Å². The van der Waals surface area contributed by atoms with Crippen LogP contribution in [0.4, 0.5) is 0 Å². The van der Waals surface area contributed by atoms with Gasteiger partial charge in [0.25, 0.3) is 0 Å². The molecule has 0 N–H and O–H groups in total. The van der Waals surface area contributed by atoms with Crippen LogP contribution in [-0.4, -0.2) is 72.9 Å². The fourth-order valence-corrected chi connectivity index (χ4v) is 3.36. The number of nitrogens with zero attached hydrogens (tertiary/aromatic N) is 2. The molecule has 0 aliphatic heterocycles. The summed E-state index contributed by atoms with van der Waals surface area (Å²) in [6, 6.07) is 0.758. The molecular weight excluding hydrogens is 312 g/mol. The van der Waals surface area contributed by atoms with Crippen molar-refractivity contribution >= 4 is 10.1 Å². The minimum atomic E-state index is -4.05. The standard InChI is InChI=1S/C9H21NO3S.C8H20N/c1-8(2)10(9(3)4)6-5-7-14(11,12)13;1-5-9(6-2,7-3)8-4/h8-9H,5-7H2,1-4H3,(H,11,12,13);5-8H2,1-4H3/q;+1/p-1. The number of hydrogen-bond donors (Lipinski definition) is 0. The Labute approximate surface area is 145 Å². The van der Waals surface area contributed by atoms with Gasteiger partial charge in [0.05, 0.1) is 36.3 Å². The summed E-state index contributed by atoms with van der Waals surface area (Å²) in [4.78, 5) is 2.17. The molecule has 0 bridgehead atoms. The molecule has 0 aliphatic rings. The lowest BCUT2D eigenvalue weighted by molar-refractivity contribution is -0.921. The zero-order valence-electron chi connectivity index (χ0n) is 16.6. The van der Waals surface area contributed by atoms with Crippen LogP contribution in [0, 0.1) is 0 Å². The summed E-state index contributed by atoms with van der Waals surface area (Å²) < 4.78 is 32.4. The third-order valence-corrected chi connectivity index (χ3v) is 5.61. The van der Waals surface area contributed by atoms with Gasteiger partial charge in [-0.15, -0.1) is 0 Å². The average molecular weight is 353 g/mol. The Balaban J connectivity index is 0. The van der Waals surface area contributed by atoms with Gasteiger partial charge in [-0.3, -0.25) is 4.90 Å². The maximum Gasteiger partial charge on any atom is 0.0946 e. The van der Waals surface area contributed by atoms with E-state index in [1.807, 2.05) is 0 Å². The van der Waals surface area contributed by atoms with Gasteiger partial charge in [0.1, 0.15) is 0 Å². The minimum Gasteiger partial charge on any atom is -0.748 e. The Morgan fingerprint density at radius 1 is 0.870 bits per heavy atom. The van der Waals surface area contributed by atoms with Crippen LogP contribution < -0.4 is 0 Å². The molecule has 0 fully saturated rings. The van der Waals surface area contributed by atoms with E-state index in [9.17, 15) is 13.0 Å². The van der Waals surface area contributed by atoms with Crippen molar-refractivity contribution in [3.05, 3.63) is 0 Å². The first-order valence-electron chi connectivity index (χ1n) is 9.02. The maximum absolute atomic E-state index is 10.4. The zero-order valence-corrected chi connectivity index (χ0v) is 17.4. The molecule has 0 heterocycles. The predicted octanol–water partition coefficient (Wildman–Crippen LogP) is 2.92. The molecule has 0 radical (unpaired) electrons. The van der Waals surface area contributed by atoms with Gasteiger partial charge in [0.2, 0.25) is 0 Å². The molecule has 0 amide bonds. The molecule has 0 unspecified atom stereocenters. The molecule has 0 rings (SSSR count). The normalized spacial score (nSPS) is 12.7. The third kappa shape index (κ3) is 11.9. The van der Waals surface area contributed by atoms with Gasteiger partial charge in [0, 0.05) is 17.8 Å². The first-order chi connectivity index (χ1) is 10.5. The smallest absolute Gasteiger partial charge is 0.0946 e. The molecule has 0 saturated carbocycles. The Hall–Kier alpha value is -0.170. The topological polar surface area (TPSA) is 60.4 Å². The van der Waals surface area contributed by atoms with E-state index in [-0.39, 0.29) is 5.75 Å². The fraction of sp³-hybridized carbons (Fsp3) is 1.00. The molecule has 6 heteroatoms. The average Bonchev–Trinajstić information content (AvgIpc) is 2.45. The molecule has 23 heavy (non-hydrogen) atoms. The first kappa shape index (κ1) is 25.1. The van der Waals surface area contributed by atoms with Crippen molar-refractivity contribution < 1.29 is 17.5 Å². The molecule has 142 valence electrons. The number of quaternary nitrogens is 1. The third-order valence-electron chi connectivity index (χ3n) is 4.82. The summed E-state index contributed by atoms with van der Waals surface area (Å²) in [5.74, 6) is -0.261. The maximum atomic E-state index is 10.4. The molecule has 0 aromatic carbocycles. The second-order valence-corrected chi connectivity index (χ2v) is 8.17. The van der Waals surface area contributed by atoms with E-state index in [2.05, 4.69) is 60.3 Å². The van der Waals surface area contributed by atoms with Crippen molar-refractivity contribution in [2.24, 2.45) is 0 Å². The minimum absolute atomic E-state index is 0.261. The van der Waals surface area contributed by atoms with E-state index in [1.54, 1.807) is 0 Å². The summed E-state index contributed by atoms with van der Waals surface area (Å²) in [5.41, 5.74) is 0. The molecule has 0 spiro atoms. The van der Waals surface area contributed by atoms with Crippen LogP contribution in [0.2, 0.25) is 0 Å². The Morgan fingerprint density at radius 3 is 1.39 bits per heavy atom. The van der Waals surface area contributed by atoms with Crippen molar-refractivity contribution in [2.75, 3.05) is 38.5 Å². The lowest BCUT2D eigenvalue weighted by Gasteiger charge is -2.34. The summed E-state index contributed by atoms with van der Waals surface area (Å²) in [6.45, 7) is 23.1. The van der Waals surface area contributed by atoms with Gasteiger partial charge in [0.15, 0.2) is 0 Å². The summed E-state index contributed by atoms with van der Waals surface area (Å²) in [5, 5.41) is 0. The van der Waals surface area contributed by atoms with Crippen molar-refractivity contribution in [1.82, 2.24) is 4.90 Å². The van der Waals surface area contributed by atoms with Gasteiger partial charge < -0.3 is 9.04 Å². The van der Waals surface area contributed by atoms with Crippen molar-refractivity contribution in [3.63, 3.8) is 0 Å². The Morgan fingerprint density at radius 2 is 1.22 bits per heavy atom. The highest BCUT2D eigenvalue weighted by Gasteiger charge is 2.16. The van der Waals surface area contributed by atoms with Gasteiger partial charge in [-0.2, -0.15) is 0 Å². The predicted molar refractivity (Wildman–Crippen MR) is 98.6 cm³/mol. The van der Waals surface area contributed by atoms with Crippen LogP contribution in [0.25, 0.3) is 0 Å². The SMILES string of the molecule is CC(C)N(CCCS(=O)(=O)[O-])C(C)C.CC[N+](CC)(CC)CC. The summed E-state index contributed by atoms with van der Waals surface area (Å²) >= 11 is 0. The van der Waals surface area contributed by atoms with E-state index in [4.69, 9.17) is 0 Å². The lowest BCUT2D eigenvalue weighted by atomic mass is 10.2. The van der Waals surface area contributed by atoms with Gasteiger partial charge in [-0.25, -0.2) is 8.42 Å². The van der Waals surface area contributed by atoms with Crippen LogP contribution in [0.3, 0.4) is 0 Å². The Kier molecular flexibility index (Phi) is 13.3. The lowest BCUT2D eigenvalue weighted by Crippen LogP contribution is -2.47. The highest BCUT2D eigenvalue weighted by molar-refractivity contribution is 7.85. The van der Waals surface area contributed by atoms with Crippen LogP contribution in [0.1, 0.15) is 61.8 Å². The van der Waals surface area contributed by atoms with Gasteiger partial charge in [-0.1, -0.05) is 0 Å². The summed E-state index contributed by atoms with van der Waals surface area (Å²) in [7, 11) is -4.05. The zero-order chi connectivity index (χ0) is 18.7. The van der Waals surface area contributed by atoms with Gasteiger partial charge in [-0.05, 0) is 68.4 Å². The highest BCUT2D eigenvalue weighted by atomic mass is 32.2. The molecule has 0 saturated heterocycles. The highest BCUT2D eigenvalue weighted by Crippen LogP contribution is 2.06. The number of hydrogen-bond acceptors (Lipinski definition) is 4. The van der Waals surface area contributed by atoms with Crippen LogP contribution in [0.5, 0.6) is 0 Å². The molecular formula is C17H40N2O3S. The second kappa shape index (κ2) is 12.2. The monoisotopic (exact) mass is 352 g/mol. The largest absolute Gasteiger partial charge is 0.748 e. The number of rotatable bonds is 10. The van der Waals surface area contributed by atoms with E-state index >= 15 is 0 Å². The van der Waals surface area contributed by atoms with Gasteiger partial charge >= 0.3 is 0 Å². The van der Waals surface area contributed by atoms with Crippen molar-refractivity contribution in [1.29, 1.82) is 0 Å². The molecule has 0 aromatic heterocycles. The molecule has 0 aromatic rings. The van der Waals surface area contributed by atoms with Crippen LogP contribution in [-0.2, 0) is 10.1 Å². The summed E-state index contributed by atoms with van der Waals surface area (Å²) in [6.07, 6.45) is 0.419. The van der Waals surface area contributed by atoms with Crippen LogP contribution >= 0.6 is 0 Å². The van der Waals surface area contributed by atoms with Crippen molar-refractivity contribution in [2.45, 2.75) is 73.9 Å². The van der Waals surface area contributed by atoms with E-state index < -0.39 is 10.1 Å². The van der Waals surface area contributed by atoms with Crippen LogP contribution in [0.15, 0.2) is 0 Å². The molecule has 5 nitrogen and oxygen atoms in total. The molecule has 0 atom stereocenters. The van der Waals surface area contributed by atoms with E-state index in [0.717, 1.165) is 0 Å². The second-order valence-electron chi connectivity index (χ2n) is 6.65. The van der Waals surface area contributed by atoms with E-state index in [0.29, 0.717) is 25.0 Å². The fourth-order valence-electron chi connectivity index (χ4n) is 2.88. The quantitative estimate of drug-likeness (QED) is 0.448. The van der Waals surface area contributed by atoms with E-state index in [1.165, 1.54) is 30.7 Å². The first-order valence-corrected chi connectivity index (χ1v) is 10.6. The Bertz CT molecular complexity index is 352. The molecule has 0 aliphatic carbocycles.